The molecule has 1 rings (SSSR count). The molecule has 3 heteroatoms. The Morgan fingerprint density at radius 3 is 2.37 bits per heavy atom. The Balaban J connectivity index is 2.87. The summed E-state index contributed by atoms with van der Waals surface area (Å²) in [6.45, 7) is 11.0. The van der Waals surface area contributed by atoms with Gasteiger partial charge in [-0.05, 0) is 44.1 Å². The molecule has 0 radical (unpaired) electrons. The predicted molar refractivity (Wildman–Crippen MR) is 79.2 cm³/mol. The van der Waals surface area contributed by atoms with Crippen LogP contribution in [0.1, 0.15) is 41.8 Å². The van der Waals surface area contributed by atoms with Gasteiger partial charge >= 0.3 is 0 Å². The van der Waals surface area contributed by atoms with Gasteiger partial charge in [0.25, 0.3) is 0 Å². The smallest absolute Gasteiger partial charge is 0.167 e. The lowest BCUT2D eigenvalue weighted by Gasteiger charge is -2.18. The summed E-state index contributed by atoms with van der Waals surface area (Å²) in [4.78, 5) is 14.6. The normalized spacial score (nSPS) is 10.8. The third-order valence-corrected chi connectivity index (χ3v) is 3.47. The molecule has 0 atom stereocenters. The Hall–Kier alpha value is -1.35. The highest BCUT2D eigenvalue weighted by molar-refractivity contribution is 5.99. The number of nitrogens with zero attached hydrogens (tertiary/aromatic N) is 1. The molecule has 106 valence electrons. The first kappa shape index (κ1) is 15.7. The summed E-state index contributed by atoms with van der Waals surface area (Å²) in [5.74, 6) is 0.880. The van der Waals surface area contributed by atoms with Crippen LogP contribution in [0.4, 0.5) is 0 Å². The van der Waals surface area contributed by atoms with Gasteiger partial charge in [0.2, 0.25) is 0 Å². The summed E-state index contributed by atoms with van der Waals surface area (Å²) < 4.78 is 5.38. The zero-order valence-corrected chi connectivity index (χ0v) is 12.7. The van der Waals surface area contributed by atoms with Crippen molar-refractivity contribution in [1.29, 1.82) is 0 Å². The molecule has 19 heavy (non-hydrogen) atoms. The van der Waals surface area contributed by atoms with Crippen LogP contribution in [0.3, 0.4) is 0 Å². The van der Waals surface area contributed by atoms with Gasteiger partial charge in [0.05, 0.1) is 12.7 Å². The molecule has 0 N–H and O–H groups in total. The number of Topliss-reactive ketones (excluding diaryl/α,β-unsaturated/α-hetero) is 1. The summed E-state index contributed by atoms with van der Waals surface area (Å²) in [5, 5.41) is 0. The molecule has 0 aromatic heterocycles. The molecule has 0 aliphatic rings. The number of carbonyl (C=O) groups is 1. The molecule has 0 spiro atoms. The van der Waals surface area contributed by atoms with Crippen LogP contribution in [0, 0.1) is 13.8 Å². The number of aryl methyl sites for hydroxylation is 2. The summed E-state index contributed by atoms with van der Waals surface area (Å²) >= 11 is 0. The summed E-state index contributed by atoms with van der Waals surface area (Å²) in [6.07, 6.45) is 0.543. The average molecular weight is 263 g/mol. The van der Waals surface area contributed by atoms with Crippen LogP contribution in [0.15, 0.2) is 12.1 Å². The number of methoxy groups -OCH3 is 1. The van der Waals surface area contributed by atoms with Crippen LogP contribution < -0.4 is 4.74 Å². The number of hydrogen-bond donors (Lipinski definition) is 0. The van der Waals surface area contributed by atoms with E-state index in [0.717, 1.165) is 36.5 Å². The van der Waals surface area contributed by atoms with E-state index in [9.17, 15) is 4.79 Å². The third-order valence-electron chi connectivity index (χ3n) is 3.47. The van der Waals surface area contributed by atoms with E-state index in [1.54, 1.807) is 7.11 Å². The minimum atomic E-state index is 0.163. The largest absolute Gasteiger partial charge is 0.496 e. The molecule has 1 aromatic rings. The van der Waals surface area contributed by atoms with Crippen molar-refractivity contribution in [2.24, 2.45) is 0 Å². The molecule has 0 saturated heterocycles. The van der Waals surface area contributed by atoms with E-state index in [4.69, 9.17) is 4.74 Å². The van der Waals surface area contributed by atoms with Gasteiger partial charge in [-0.15, -0.1) is 0 Å². The van der Waals surface area contributed by atoms with E-state index in [-0.39, 0.29) is 5.78 Å². The van der Waals surface area contributed by atoms with E-state index in [2.05, 4.69) is 18.7 Å². The monoisotopic (exact) mass is 263 g/mol. The first-order valence-electron chi connectivity index (χ1n) is 6.94. The molecule has 0 aliphatic heterocycles. The lowest BCUT2D eigenvalue weighted by atomic mass is 10.0. The van der Waals surface area contributed by atoms with E-state index < -0.39 is 0 Å². The number of benzene rings is 1. The van der Waals surface area contributed by atoms with Crippen molar-refractivity contribution in [3.05, 3.63) is 28.8 Å². The van der Waals surface area contributed by atoms with Gasteiger partial charge in [-0.2, -0.15) is 0 Å². The molecule has 3 nitrogen and oxygen atoms in total. The van der Waals surface area contributed by atoms with E-state index in [1.165, 1.54) is 0 Å². The molecular formula is C16H25NO2. The van der Waals surface area contributed by atoms with Crippen molar-refractivity contribution in [3.63, 3.8) is 0 Å². The first-order chi connectivity index (χ1) is 9.03. The zero-order chi connectivity index (χ0) is 14.4. The number of ether oxygens (including phenoxy) is 1. The van der Waals surface area contributed by atoms with Gasteiger partial charge in [0.1, 0.15) is 5.75 Å². The number of carbonyl (C=O) groups excluding carboxylic acids is 1. The van der Waals surface area contributed by atoms with Crippen molar-refractivity contribution in [3.8, 4) is 5.75 Å². The van der Waals surface area contributed by atoms with Crippen molar-refractivity contribution in [2.75, 3.05) is 26.7 Å². The van der Waals surface area contributed by atoms with E-state index >= 15 is 0 Å². The molecule has 0 unspecified atom stereocenters. The molecular weight excluding hydrogens is 238 g/mol. The first-order valence-corrected chi connectivity index (χ1v) is 6.94. The van der Waals surface area contributed by atoms with E-state index in [0.29, 0.717) is 12.0 Å². The fraction of sp³-hybridized carbons (Fsp3) is 0.562. The maximum atomic E-state index is 12.4. The average Bonchev–Trinajstić information content (AvgIpc) is 2.38. The van der Waals surface area contributed by atoms with Crippen LogP contribution in [-0.4, -0.2) is 37.4 Å². The number of ketones is 1. The van der Waals surface area contributed by atoms with Gasteiger partial charge in [-0.3, -0.25) is 4.79 Å². The second kappa shape index (κ2) is 7.29. The summed E-state index contributed by atoms with van der Waals surface area (Å²) in [5.41, 5.74) is 2.84. The molecule has 0 fully saturated rings. The molecule has 0 amide bonds. The van der Waals surface area contributed by atoms with Gasteiger partial charge < -0.3 is 9.64 Å². The maximum absolute atomic E-state index is 12.4. The molecule has 0 bridgehead atoms. The zero-order valence-electron chi connectivity index (χ0n) is 12.7. The summed E-state index contributed by atoms with van der Waals surface area (Å²) in [7, 11) is 1.62. The van der Waals surface area contributed by atoms with E-state index in [1.807, 2.05) is 26.0 Å². The van der Waals surface area contributed by atoms with Gasteiger partial charge in [-0.25, -0.2) is 0 Å². The highest BCUT2D eigenvalue weighted by Crippen LogP contribution is 2.26. The van der Waals surface area contributed by atoms with Gasteiger partial charge in [-0.1, -0.05) is 19.9 Å². The van der Waals surface area contributed by atoms with Crippen molar-refractivity contribution >= 4 is 5.78 Å². The van der Waals surface area contributed by atoms with Gasteiger partial charge in [0.15, 0.2) is 5.78 Å². The molecule has 0 aliphatic carbocycles. The fourth-order valence-corrected chi connectivity index (χ4v) is 2.37. The highest BCUT2D eigenvalue weighted by Gasteiger charge is 2.15. The van der Waals surface area contributed by atoms with Crippen LogP contribution in [0.25, 0.3) is 0 Å². The Bertz CT molecular complexity index is 437. The third kappa shape index (κ3) is 4.06. The SMILES string of the molecule is CCN(CC)CCC(=O)c1cc(C)cc(C)c1OC. The summed E-state index contributed by atoms with van der Waals surface area (Å²) in [6, 6.07) is 3.97. The Labute approximate surface area is 116 Å². The highest BCUT2D eigenvalue weighted by atomic mass is 16.5. The van der Waals surface area contributed by atoms with Crippen molar-refractivity contribution in [2.45, 2.75) is 34.1 Å². The molecule has 0 heterocycles. The minimum Gasteiger partial charge on any atom is -0.496 e. The van der Waals surface area contributed by atoms with Crippen LogP contribution in [-0.2, 0) is 0 Å². The second-order valence-electron chi connectivity index (χ2n) is 4.86. The number of rotatable bonds is 7. The predicted octanol–water partition coefficient (Wildman–Crippen LogP) is 3.23. The lowest BCUT2D eigenvalue weighted by Crippen LogP contribution is -2.25. The Kier molecular flexibility index (Phi) is 6.03. The lowest BCUT2D eigenvalue weighted by molar-refractivity contribution is 0.0963. The standard InChI is InChI=1S/C16H25NO2/c1-6-17(7-2)9-8-15(18)14-11-12(3)10-13(4)16(14)19-5/h10-11H,6-9H2,1-5H3. The topological polar surface area (TPSA) is 29.5 Å². The fourth-order valence-electron chi connectivity index (χ4n) is 2.37. The Morgan fingerprint density at radius 1 is 1.21 bits per heavy atom. The van der Waals surface area contributed by atoms with Crippen molar-refractivity contribution in [1.82, 2.24) is 4.90 Å². The van der Waals surface area contributed by atoms with Crippen LogP contribution in [0.2, 0.25) is 0 Å². The number of hydrogen-bond acceptors (Lipinski definition) is 3. The second-order valence-corrected chi connectivity index (χ2v) is 4.86. The quantitative estimate of drug-likeness (QED) is 0.707. The van der Waals surface area contributed by atoms with Crippen molar-refractivity contribution < 1.29 is 9.53 Å². The Morgan fingerprint density at radius 2 is 1.84 bits per heavy atom. The maximum Gasteiger partial charge on any atom is 0.167 e. The molecule has 0 saturated carbocycles. The minimum absolute atomic E-state index is 0.163. The molecule has 1 aromatic carbocycles. The van der Waals surface area contributed by atoms with Crippen LogP contribution in [0.5, 0.6) is 5.75 Å². The van der Waals surface area contributed by atoms with Gasteiger partial charge in [0, 0.05) is 13.0 Å². The van der Waals surface area contributed by atoms with Crippen LogP contribution >= 0.6 is 0 Å².